The van der Waals surface area contributed by atoms with Crippen LogP contribution in [0.5, 0.6) is 0 Å². The van der Waals surface area contributed by atoms with E-state index in [1.807, 2.05) is 12.2 Å². The Balaban J connectivity index is 1.19. The molecular formula is C40H40N6O2S2. The van der Waals surface area contributed by atoms with Crippen molar-refractivity contribution in [3.05, 3.63) is 88.1 Å². The van der Waals surface area contributed by atoms with E-state index in [9.17, 15) is 9.90 Å². The zero-order chi connectivity index (χ0) is 34.5. The van der Waals surface area contributed by atoms with Crippen LogP contribution in [-0.4, -0.2) is 69.2 Å². The standard InChI is InChI=1S/C40H40N6O2S2/c1-5-25-20-34(49-32(25)6-2)36-38(45-16-8-7-10-23(45)3)41-22-31(43-36)26-13-15-33-28(18-26)21-35(50-33)37-39(46-17-9-11-24(46)4)44-30-19-27(40(47)48)12-14-29(30)42-37/h5-6,12-15,18-21,23-24,31H,1-2,7-11,16-17,22H2,3-4H3,(H,47,48). The molecule has 254 valence electrons. The number of likely N-dealkylation sites (tertiary alicyclic amines) is 1. The number of aromatic nitrogens is 2. The van der Waals surface area contributed by atoms with E-state index in [0.29, 0.717) is 29.7 Å². The molecule has 2 fully saturated rings. The van der Waals surface area contributed by atoms with Gasteiger partial charge in [-0.3, -0.25) is 9.98 Å². The van der Waals surface area contributed by atoms with Crippen LogP contribution in [0.25, 0.3) is 43.8 Å². The van der Waals surface area contributed by atoms with Crippen molar-refractivity contribution in [2.75, 3.05) is 24.5 Å². The van der Waals surface area contributed by atoms with Gasteiger partial charge in [0.1, 0.15) is 11.4 Å². The van der Waals surface area contributed by atoms with Crippen LogP contribution in [0, 0.1) is 0 Å². The van der Waals surface area contributed by atoms with Crippen molar-refractivity contribution < 1.29 is 9.90 Å². The molecule has 1 N–H and O–H groups in total. The Labute approximate surface area is 300 Å². The van der Waals surface area contributed by atoms with Crippen molar-refractivity contribution in [3.8, 4) is 10.6 Å². The monoisotopic (exact) mass is 700 g/mol. The first-order valence-electron chi connectivity index (χ1n) is 17.4. The SMILES string of the molecule is C=Cc1cc(C2=NC(c3ccc4sc(-c5nc6ccc(C(=O)O)cc6nc5N5CCCC5C)cc4c3)CN=C2N2CCCCC2C)sc1C=C. The Morgan fingerprint density at radius 3 is 2.44 bits per heavy atom. The maximum Gasteiger partial charge on any atom is 0.335 e. The molecule has 0 spiro atoms. The van der Waals surface area contributed by atoms with Crippen molar-refractivity contribution in [2.24, 2.45) is 9.98 Å². The first kappa shape index (κ1) is 32.5. The molecule has 0 amide bonds. The number of anilines is 1. The van der Waals surface area contributed by atoms with Gasteiger partial charge in [-0.15, -0.1) is 22.7 Å². The molecule has 6 heterocycles. The van der Waals surface area contributed by atoms with E-state index in [-0.39, 0.29) is 11.6 Å². The number of fused-ring (bicyclic) bond motifs is 2. The summed E-state index contributed by atoms with van der Waals surface area (Å²) < 4.78 is 1.17. The van der Waals surface area contributed by atoms with E-state index in [1.54, 1.807) is 40.9 Å². The Bertz CT molecular complexity index is 2210. The molecule has 0 radical (unpaired) electrons. The highest BCUT2D eigenvalue weighted by Gasteiger charge is 2.31. The fourth-order valence-electron chi connectivity index (χ4n) is 7.53. The van der Waals surface area contributed by atoms with E-state index in [1.165, 1.54) is 17.5 Å². The second kappa shape index (κ2) is 13.2. The quantitative estimate of drug-likeness (QED) is 0.182. The van der Waals surface area contributed by atoms with Crippen molar-refractivity contribution >= 4 is 79.3 Å². The van der Waals surface area contributed by atoms with Gasteiger partial charge in [0.25, 0.3) is 0 Å². The summed E-state index contributed by atoms with van der Waals surface area (Å²) in [5.74, 6) is 0.861. The maximum atomic E-state index is 11.7. The Kier molecular flexibility index (Phi) is 8.60. The fraction of sp³-hybridized carbons (Fsp3) is 0.325. The number of nitrogens with zero attached hydrogens (tertiary/aromatic N) is 6. The lowest BCUT2D eigenvalue weighted by Crippen LogP contribution is -2.47. The van der Waals surface area contributed by atoms with Gasteiger partial charge in [-0.1, -0.05) is 31.4 Å². The lowest BCUT2D eigenvalue weighted by molar-refractivity contribution is 0.0697. The summed E-state index contributed by atoms with van der Waals surface area (Å²) in [5.41, 5.74) is 5.51. The number of aromatic carboxylic acids is 1. The number of carboxylic acids is 1. The third-order valence-electron chi connectivity index (χ3n) is 10.3. The minimum atomic E-state index is -0.968. The lowest BCUT2D eigenvalue weighted by Gasteiger charge is -2.37. The number of hydrogen-bond donors (Lipinski definition) is 1. The summed E-state index contributed by atoms with van der Waals surface area (Å²) in [7, 11) is 0. The molecule has 3 aliphatic heterocycles. The summed E-state index contributed by atoms with van der Waals surface area (Å²) in [6.07, 6.45) is 9.55. The second-order valence-electron chi connectivity index (χ2n) is 13.5. The van der Waals surface area contributed by atoms with Crippen LogP contribution in [0.1, 0.15) is 83.2 Å². The van der Waals surface area contributed by atoms with Crippen LogP contribution >= 0.6 is 22.7 Å². The second-order valence-corrected chi connectivity index (χ2v) is 15.7. The first-order chi connectivity index (χ1) is 24.3. The smallest absolute Gasteiger partial charge is 0.335 e. The van der Waals surface area contributed by atoms with Crippen molar-refractivity contribution in [1.29, 1.82) is 0 Å². The van der Waals surface area contributed by atoms with Gasteiger partial charge in [0, 0.05) is 34.8 Å². The maximum absolute atomic E-state index is 11.7. The summed E-state index contributed by atoms with van der Waals surface area (Å²) in [6, 6.07) is 16.7. The molecule has 3 aromatic heterocycles. The molecular weight excluding hydrogens is 661 g/mol. The average Bonchev–Trinajstić information content (AvgIpc) is 3.88. The van der Waals surface area contributed by atoms with Gasteiger partial charge in [0.05, 0.1) is 38.9 Å². The molecule has 3 aliphatic rings. The molecule has 8 rings (SSSR count). The van der Waals surface area contributed by atoms with Crippen molar-refractivity contribution in [3.63, 3.8) is 0 Å². The molecule has 5 aromatic rings. The van der Waals surface area contributed by atoms with Gasteiger partial charge in [0.2, 0.25) is 0 Å². The molecule has 3 unspecified atom stereocenters. The largest absolute Gasteiger partial charge is 0.478 e. The van der Waals surface area contributed by atoms with E-state index in [2.05, 4.69) is 67.1 Å². The van der Waals surface area contributed by atoms with Crippen LogP contribution in [0.4, 0.5) is 5.82 Å². The molecule has 0 saturated carbocycles. The van der Waals surface area contributed by atoms with E-state index in [0.717, 1.165) is 86.6 Å². The van der Waals surface area contributed by atoms with Crippen LogP contribution < -0.4 is 4.90 Å². The van der Waals surface area contributed by atoms with Crippen molar-refractivity contribution in [1.82, 2.24) is 14.9 Å². The highest BCUT2D eigenvalue weighted by molar-refractivity contribution is 7.22. The predicted octanol–water partition coefficient (Wildman–Crippen LogP) is 9.36. The van der Waals surface area contributed by atoms with E-state index < -0.39 is 5.97 Å². The van der Waals surface area contributed by atoms with Crippen LogP contribution in [0.3, 0.4) is 0 Å². The van der Waals surface area contributed by atoms with Crippen molar-refractivity contribution in [2.45, 2.75) is 64.1 Å². The molecule has 2 saturated heterocycles. The van der Waals surface area contributed by atoms with Crippen LogP contribution in [-0.2, 0) is 0 Å². The summed E-state index contributed by atoms with van der Waals surface area (Å²) in [4.78, 5) is 40.6. The zero-order valence-electron chi connectivity index (χ0n) is 28.4. The Morgan fingerprint density at radius 2 is 1.70 bits per heavy atom. The third-order valence-corrected chi connectivity index (χ3v) is 12.6. The molecule has 0 bridgehead atoms. The number of piperidine rings is 1. The number of amidine groups is 1. The molecule has 50 heavy (non-hydrogen) atoms. The molecule has 2 aromatic carbocycles. The van der Waals surface area contributed by atoms with Gasteiger partial charge in [-0.2, -0.15) is 0 Å². The number of benzene rings is 2. The summed E-state index contributed by atoms with van der Waals surface area (Å²) >= 11 is 3.42. The number of carboxylic acid groups (broad SMARTS) is 1. The number of hydrogen-bond acceptors (Lipinski definition) is 9. The number of rotatable bonds is 7. The molecule has 3 atom stereocenters. The minimum Gasteiger partial charge on any atom is -0.478 e. The zero-order valence-corrected chi connectivity index (χ0v) is 30.1. The summed E-state index contributed by atoms with van der Waals surface area (Å²) in [6.45, 7) is 15.1. The van der Waals surface area contributed by atoms with E-state index in [4.69, 9.17) is 20.0 Å². The minimum absolute atomic E-state index is 0.104. The molecule has 0 aliphatic carbocycles. The normalized spacial score (nSPS) is 21.0. The topological polar surface area (TPSA) is 94.3 Å². The van der Waals surface area contributed by atoms with Gasteiger partial charge < -0.3 is 14.9 Å². The highest BCUT2D eigenvalue weighted by atomic mass is 32.1. The molecule has 8 nitrogen and oxygen atoms in total. The number of carbonyl (C=O) groups is 1. The van der Waals surface area contributed by atoms with Gasteiger partial charge in [0.15, 0.2) is 11.7 Å². The molecule has 10 heteroatoms. The van der Waals surface area contributed by atoms with Crippen LogP contribution in [0.2, 0.25) is 0 Å². The van der Waals surface area contributed by atoms with Gasteiger partial charge in [-0.25, -0.2) is 14.8 Å². The highest BCUT2D eigenvalue weighted by Crippen LogP contribution is 2.41. The Morgan fingerprint density at radius 1 is 0.880 bits per heavy atom. The average molecular weight is 701 g/mol. The third kappa shape index (κ3) is 5.84. The van der Waals surface area contributed by atoms with Gasteiger partial charge >= 0.3 is 5.97 Å². The number of thiophene rings is 2. The predicted molar refractivity (Wildman–Crippen MR) is 209 cm³/mol. The van der Waals surface area contributed by atoms with Gasteiger partial charge in [-0.05, 0) is 105 Å². The van der Waals surface area contributed by atoms with Crippen LogP contribution in [0.15, 0.2) is 71.7 Å². The lowest BCUT2D eigenvalue weighted by atomic mass is 10.0. The van der Waals surface area contributed by atoms with E-state index >= 15 is 0 Å². The first-order valence-corrected chi connectivity index (χ1v) is 19.1. The summed E-state index contributed by atoms with van der Waals surface area (Å²) in [5, 5.41) is 10.7. The number of aliphatic imine (C=N–C) groups is 2. The fourth-order valence-corrected chi connectivity index (χ4v) is 9.56. The Hall–Kier alpha value is -4.67.